The summed E-state index contributed by atoms with van der Waals surface area (Å²) in [6, 6.07) is 15.4. The van der Waals surface area contributed by atoms with Gasteiger partial charge in [-0.05, 0) is 40.7 Å². The van der Waals surface area contributed by atoms with Crippen molar-refractivity contribution in [1.29, 1.82) is 0 Å². The molecule has 0 bridgehead atoms. The van der Waals surface area contributed by atoms with Gasteiger partial charge in [0.25, 0.3) is 0 Å². The van der Waals surface area contributed by atoms with Gasteiger partial charge in [0.15, 0.2) is 0 Å². The molecule has 1 fully saturated rings. The van der Waals surface area contributed by atoms with Crippen molar-refractivity contribution < 1.29 is 0 Å². The van der Waals surface area contributed by atoms with Crippen LogP contribution in [-0.4, -0.2) is 16.1 Å². The highest BCUT2D eigenvalue weighted by Gasteiger charge is 2.15. The highest BCUT2D eigenvalue weighted by molar-refractivity contribution is 8.17. The number of fused-ring (bicyclic) bond motifs is 1. The summed E-state index contributed by atoms with van der Waals surface area (Å²) in [6.45, 7) is 0. The van der Waals surface area contributed by atoms with Crippen LogP contribution in [-0.2, 0) is 6.42 Å². The molecule has 2 aromatic rings. The lowest BCUT2D eigenvalue weighted by molar-refractivity contribution is 1.05. The van der Waals surface area contributed by atoms with Crippen molar-refractivity contribution in [3.63, 3.8) is 0 Å². The normalized spacial score (nSPS) is 17.4. The summed E-state index contributed by atoms with van der Waals surface area (Å²) < 4.78 is 0.759. The van der Waals surface area contributed by atoms with Crippen molar-refractivity contribution in [1.82, 2.24) is 0 Å². The van der Waals surface area contributed by atoms with Gasteiger partial charge in [0.1, 0.15) is 0 Å². The van der Waals surface area contributed by atoms with E-state index >= 15 is 0 Å². The molecule has 1 aliphatic heterocycles. The van der Waals surface area contributed by atoms with Crippen molar-refractivity contribution in [2.24, 2.45) is 0 Å². The van der Waals surface area contributed by atoms with Gasteiger partial charge in [-0.15, -0.1) is 23.5 Å². The minimum absolute atomic E-state index is 0.759. The van der Waals surface area contributed by atoms with Crippen molar-refractivity contribution in [3.8, 4) is 0 Å². The summed E-state index contributed by atoms with van der Waals surface area (Å²) >= 11 is 4.26. The van der Waals surface area contributed by atoms with Crippen LogP contribution in [0, 0.1) is 0 Å². The second kappa shape index (κ2) is 5.36. The second-order valence-corrected chi connectivity index (χ2v) is 7.29. The van der Waals surface area contributed by atoms with Crippen LogP contribution in [0.2, 0.25) is 0 Å². The van der Waals surface area contributed by atoms with Crippen LogP contribution >= 0.6 is 23.5 Å². The zero-order valence-electron chi connectivity index (χ0n) is 9.76. The van der Waals surface area contributed by atoms with Gasteiger partial charge in [0, 0.05) is 0 Å². The number of rotatable bonds is 2. The summed E-state index contributed by atoms with van der Waals surface area (Å²) in [5.41, 5.74) is 1.51. The first kappa shape index (κ1) is 11.5. The summed E-state index contributed by atoms with van der Waals surface area (Å²) in [5, 5.41) is 2.80. The molecule has 17 heavy (non-hydrogen) atoms. The SMILES string of the molecule is c1ccc2c(CC3SCCCS3)cccc2c1. The van der Waals surface area contributed by atoms with E-state index in [1.807, 2.05) is 0 Å². The first-order chi connectivity index (χ1) is 8.43. The number of thioether (sulfide) groups is 2. The van der Waals surface area contributed by atoms with E-state index < -0.39 is 0 Å². The predicted molar refractivity (Wildman–Crippen MR) is 81.0 cm³/mol. The Morgan fingerprint density at radius 3 is 2.59 bits per heavy atom. The molecule has 3 rings (SSSR count). The largest absolute Gasteiger partial charge is 0.147 e. The van der Waals surface area contributed by atoms with Gasteiger partial charge in [-0.3, -0.25) is 0 Å². The maximum Gasteiger partial charge on any atom is 0.0542 e. The third-order valence-corrected chi connectivity index (χ3v) is 6.10. The minimum atomic E-state index is 0.759. The Balaban J connectivity index is 1.89. The zero-order chi connectivity index (χ0) is 11.5. The van der Waals surface area contributed by atoms with Crippen LogP contribution < -0.4 is 0 Å². The molecule has 0 spiro atoms. The predicted octanol–water partition coefficient (Wildman–Crippen LogP) is 4.58. The quantitative estimate of drug-likeness (QED) is 0.775. The zero-order valence-corrected chi connectivity index (χ0v) is 11.4. The summed E-state index contributed by atoms with van der Waals surface area (Å²) in [5.74, 6) is 2.67. The fraction of sp³-hybridized carbons (Fsp3) is 0.333. The Morgan fingerprint density at radius 2 is 1.71 bits per heavy atom. The molecule has 0 saturated carbocycles. The Bertz CT molecular complexity index is 496. The highest BCUT2D eigenvalue weighted by Crippen LogP contribution is 2.34. The lowest BCUT2D eigenvalue weighted by Crippen LogP contribution is -2.09. The molecule has 2 aromatic carbocycles. The maximum absolute atomic E-state index is 2.29. The molecule has 2 heteroatoms. The molecule has 0 aromatic heterocycles. The van der Waals surface area contributed by atoms with E-state index in [0.29, 0.717) is 0 Å². The van der Waals surface area contributed by atoms with Crippen LogP contribution in [0.3, 0.4) is 0 Å². The molecule has 0 radical (unpaired) electrons. The van der Waals surface area contributed by atoms with E-state index in [-0.39, 0.29) is 0 Å². The first-order valence-electron chi connectivity index (χ1n) is 6.13. The van der Waals surface area contributed by atoms with Crippen LogP contribution in [0.25, 0.3) is 10.8 Å². The Morgan fingerprint density at radius 1 is 0.941 bits per heavy atom. The number of hydrogen-bond acceptors (Lipinski definition) is 2. The van der Waals surface area contributed by atoms with Crippen molar-refractivity contribution >= 4 is 34.3 Å². The summed E-state index contributed by atoms with van der Waals surface area (Å²) in [6.07, 6.45) is 2.58. The summed E-state index contributed by atoms with van der Waals surface area (Å²) in [4.78, 5) is 0. The van der Waals surface area contributed by atoms with E-state index in [1.54, 1.807) is 0 Å². The van der Waals surface area contributed by atoms with Crippen LogP contribution in [0.4, 0.5) is 0 Å². The van der Waals surface area contributed by atoms with E-state index in [0.717, 1.165) is 4.58 Å². The lowest BCUT2D eigenvalue weighted by atomic mass is 10.0. The average molecular weight is 260 g/mol. The molecule has 1 heterocycles. The van der Waals surface area contributed by atoms with Gasteiger partial charge in [-0.25, -0.2) is 0 Å². The number of benzene rings is 2. The molecule has 0 N–H and O–H groups in total. The van der Waals surface area contributed by atoms with Crippen LogP contribution in [0.1, 0.15) is 12.0 Å². The Hall–Kier alpha value is -0.600. The Labute approximate surface area is 111 Å². The molecule has 1 aliphatic rings. The molecule has 88 valence electrons. The summed E-state index contributed by atoms with van der Waals surface area (Å²) in [7, 11) is 0. The van der Waals surface area contributed by atoms with E-state index in [1.165, 1.54) is 40.7 Å². The molecule has 0 unspecified atom stereocenters. The molecule has 1 saturated heterocycles. The van der Waals surface area contributed by atoms with Gasteiger partial charge < -0.3 is 0 Å². The fourth-order valence-electron chi connectivity index (χ4n) is 2.30. The second-order valence-electron chi connectivity index (χ2n) is 4.37. The fourth-order valence-corrected chi connectivity index (χ4v) is 5.19. The third-order valence-electron chi connectivity index (χ3n) is 3.16. The molecule has 0 atom stereocenters. The minimum Gasteiger partial charge on any atom is -0.147 e. The van der Waals surface area contributed by atoms with E-state index in [2.05, 4.69) is 66.0 Å². The van der Waals surface area contributed by atoms with Crippen LogP contribution in [0.15, 0.2) is 42.5 Å². The van der Waals surface area contributed by atoms with Gasteiger partial charge in [-0.2, -0.15) is 0 Å². The van der Waals surface area contributed by atoms with Gasteiger partial charge in [0.2, 0.25) is 0 Å². The van der Waals surface area contributed by atoms with E-state index in [9.17, 15) is 0 Å². The average Bonchev–Trinajstić information content (AvgIpc) is 2.40. The Kier molecular flexibility index (Phi) is 3.62. The monoisotopic (exact) mass is 260 g/mol. The molecular weight excluding hydrogens is 244 g/mol. The number of hydrogen-bond donors (Lipinski definition) is 0. The van der Waals surface area contributed by atoms with Crippen molar-refractivity contribution in [3.05, 3.63) is 48.0 Å². The third kappa shape index (κ3) is 2.63. The lowest BCUT2D eigenvalue weighted by Gasteiger charge is -2.21. The van der Waals surface area contributed by atoms with E-state index in [4.69, 9.17) is 0 Å². The molecule has 0 amide bonds. The molecule has 0 nitrogen and oxygen atoms in total. The smallest absolute Gasteiger partial charge is 0.0542 e. The van der Waals surface area contributed by atoms with Crippen molar-refractivity contribution in [2.45, 2.75) is 17.4 Å². The van der Waals surface area contributed by atoms with Crippen molar-refractivity contribution in [2.75, 3.05) is 11.5 Å². The van der Waals surface area contributed by atoms with Crippen LogP contribution in [0.5, 0.6) is 0 Å². The topological polar surface area (TPSA) is 0 Å². The molecule has 0 aliphatic carbocycles. The maximum atomic E-state index is 2.29. The standard InChI is InChI=1S/C15H16S2/c1-2-8-14-12(5-1)6-3-7-13(14)11-15-16-9-4-10-17-15/h1-3,5-8,15H,4,9-11H2. The van der Waals surface area contributed by atoms with Gasteiger partial charge >= 0.3 is 0 Å². The molecular formula is C15H16S2. The van der Waals surface area contributed by atoms with Gasteiger partial charge in [-0.1, -0.05) is 42.5 Å². The first-order valence-corrected chi connectivity index (χ1v) is 8.23. The highest BCUT2D eigenvalue weighted by atomic mass is 32.2. The van der Waals surface area contributed by atoms with Gasteiger partial charge in [0.05, 0.1) is 4.58 Å².